The van der Waals surface area contributed by atoms with Crippen molar-refractivity contribution in [3.63, 3.8) is 0 Å². The van der Waals surface area contributed by atoms with Crippen molar-refractivity contribution < 1.29 is 23.8 Å². The Labute approximate surface area is 200 Å². The van der Waals surface area contributed by atoms with E-state index in [1.54, 1.807) is 13.2 Å². The van der Waals surface area contributed by atoms with E-state index in [4.69, 9.17) is 14.2 Å². The molecule has 8 heteroatoms. The van der Waals surface area contributed by atoms with Gasteiger partial charge >= 0.3 is 0 Å². The van der Waals surface area contributed by atoms with Crippen LogP contribution in [0.3, 0.4) is 0 Å². The van der Waals surface area contributed by atoms with Crippen molar-refractivity contribution in [1.29, 1.82) is 0 Å². The van der Waals surface area contributed by atoms with E-state index in [1.807, 2.05) is 50.2 Å². The molecule has 1 aliphatic rings. The molecule has 0 unspecified atom stereocenters. The Morgan fingerprint density at radius 3 is 2.65 bits per heavy atom. The van der Waals surface area contributed by atoms with Gasteiger partial charge in [0.2, 0.25) is 0 Å². The summed E-state index contributed by atoms with van der Waals surface area (Å²) in [6.45, 7) is 5.04. The van der Waals surface area contributed by atoms with Gasteiger partial charge in [-0.3, -0.25) is 14.5 Å². The molecule has 2 amide bonds. The quantitative estimate of drug-likeness (QED) is 0.302. The van der Waals surface area contributed by atoms with Gasteiger partial charge in [0.15, 0.2) is 11.5 Å². The smallest absolute Gasteiger partial charge is 0.293 e. The molecule has 6 nitrogen and oxygen atoms in total. The monoisotopic (exact) mass is 553 g/mol. The third kappa shape index (κ3) is 5.94. The number of rotatable bonds is 9. The highest BCUT2D eigenvalue weighted by molar-refractivity contribution is 14.1. The van der Waals surface area contributed by atoms with Crippen molar-refractivity contribution in [1.82, 2.24) is 4.90 Å². The van der Waals surface area contributed by atoms with Gasteiger partial charge in [-0.25, -0.2) is 0 Å². The predicted molar refractivity (Wildman–Crippen MR) is 131 cm³/mol. The minimum absolute atomic E-state index is 0.195. The van der Waals surface area contributed by atoms with Crippen molar-refractivity contribution >= 4 is 51.6 Å². The van der Waals surface area contributed by atoms with Gasteiger partial charge in [-0.15, -0.1) is 0 Å². The summed E-state index contributed by atoms with van der Waals surface area (Å²) in [7, 11) is 1.58. The van der Waals surface area contributed by atoms with Crippen LogP contribution in [0.1, 0.15) is 24.5 Å². The topological polar surface area (TPSA) is 65.1 Å². The maximum Gasteiger partial charge on any atom is 0.293 e. The molecule has 1 saturated heterocycles. The second-order valence-corrected chi connectivity index (χ2v) is 9.04. The van der Waals surface area contributed by atoms with Gasteiger partial charge in [-0.2, -0.15) is 0 Å². The van der Waals surface area contributed by atoms with Crippen LogP contribution in [0.4, 0.5) is 4.79 Å². The SMILES string of the molecule is CCCOc1c(I)cc(/C=C2\SC(=O)N(CCOc3cccc(C)c3)C2=O)cc1OC. The van der Waals surface area contributed by atoms with Crippen molar-refractivity contribution in [2.24, 2.45) is 0 Å². The standard InChI is InChI=1S/C23H24INO5S/c1-4-9-30-21-18(24)12-16(13-19(21)28-3)14-20-22(26)25(23(27)31-20)8-10-29-17-7-5-6-15(2)11-17/h5-7,11-14H,4,8-10H2,1-3H3/b20-14-. The number of amides is 2. The molecule has 0 bridgehead atoms. The summed E-state index contributed by atoms with van der Waals surface area (Å²) in [5.74, 6) is 1.68. The molecule has 3 rings (SSSR count). The molecule has 0 atom stereocenters. The predicted octanol–water partition coefficient (Wildman–Crippen LogP) is 5.51. The molecular weight excluding hydrogens is 529 g/mol. The number of nitrogens with zero attached hydrogens (tertiary/aromatic N) is 1. The summed E-state index contributed by atoms with van der Waals surface area (Å²) in [5, 5.41) is -0.298. The summed E-state index contributed by atoms with van der Waals surface area (Å²) >= 11 is 3.11. The zero-order chi connectivity index (χ0) is 22.4. The lowest BCUT2D eigenvalue weighted by atomic mass is 10.2. The van der Waals surface area contributed by atoms with E-state index >= 15 is 0 Å². The van der Waals surface area contributed by atoms with Gasteiger partial charge < -0.3 is 14.2 Å². The zero-order valence-corrected chi connectivity index (χ0v) is 20.6. The number of imide groups is 1. The molecule has 2 aromatic carbocycles. The number of carbonyl (C=O) groups is 2. The van der Waals surface area contributed by atoms with Crippen LogP contribution in [-0.4, -0.2) is 42.9 Å². The molecule has 1 heterocycles. The first-order chi connectivity index (χ1) is 14.9. The second-order valence-electron chi connectivity index (χ2n) is 6.88. The molecule has 0 saturated carbocycles. The Morgan fingerprint density at radius 2 is 1.94 bits per heavy atom. The fourth-order valence-corrected chi connectivity index (χ4v) is 4.62. The van der Waals surface area contributed by atoms with Crippen LogP contribution in [0, 0.1) is 10.5 Å². The first-order valence-electron chi connectivity index (χ1n) is 9.88. The number of methoxy groups -OCH3 is 1. The molecule has 0 spiro atoms. The Kier molecular flexibility index (Phi) is 8.25. The summed E-state index contributed by atoms with van der Waals surface area (Å²) in [6, 6.07) is 11.4. The van der Waals surface area contributed by atoms with Gasteiger partial charge in [0.25, 0.3) is 11.1 Å². The Balaban J connectivity index is 1.70. The first kappa shape index (κ1) is 23.5. The lowest BCUT2D eigenvalue weighted by molar-refractivity contribution is -0.123. The van der Waals surface area contributed by atoms with Crippen LogP contribution in [0.15, 0.2) is 41.3 Å². The third-order valence-electron chi connectivity index (χ3n) is 4.45. The van der Waals surface area contributed by atoms with Crippen molar-refractivity contribution in [2.75, 3.05) is 26.9 Å². The van der Waals surface area contributed by atoms with Crippen LogP contribution < -0.4 is 14.2 Å². The summed E-state index contributed by atoms with van der Waals surface area (Å²) in [4.78, 5) is 26.7. The number of hydrogen-bond donors (Lipinski definition) is 0. The van der Waals surface area contributed by atoms with Crippen molar-refractivity contribution in [3.05, 3.63) is 56.0 Å². The molecule has 1 aliphatic heterocycles. The van der Waals surface area contributed by atoms with Gasteiger partial charge in [0.05, 0.1) is 28.7 Å². The first-order valence-corrected chi connectivity index (χ1v) is 11.8. The highest BCUT2D eigenvalue weighted by Gasteiger charge is 2.34. The number of thioether (sulfide) groups is 1. The van der Waals surface area contributed by atoms with E-state index in [9.17, 15) is 9.59 Å². The molecule has 0 radical (unpaired) electrons. The molecular formula is C23H24INO5S. The lowest BCUT2D eigenvalue weighted by Crippen LogP contribution is -2.32. The fraction of sp³-hybridized carbons (Fsp3) is 0.304. The molecule has 0 N–H and O–H groups in total. The van der Waals surface area contributed by atoms with E-state index in [0.29, 0.717) is 23.0 Å². The van der Waals surface area contributed by atoms with Gasteiger partial charge in [0, 0.05) is 0 Å². The van der Waals surface area contributed by atoms with E-state index in [1.165, 1.54) is 4.90 Å². The number of aryl methyl sites for hydroxylation is 1. The zero-order valence-electron chi connectivity index (χ0n) is 17.6. The van der Waals surface area contributed by atoms with E-state index in [2.05, 4.69) is 22.6 Å². The lowest BCUT2D eigenvalue weighted by Gasteiger charge is -2.14. The number of benzene rings is 2. The molecule has 2 aromatic rings. The summed E-state index contributed by atoms with van der Waals surface area (Å²) in [5.41, 5.74) is 1.86. The summed E-state index contributed by atoms with van der Waals surface area (Å²) < 4.78 is 17.8. The van der Waals surface area contributed by atoms with Gasteiger partial charge in [-0.05, 0) is 89.2 Å². The number of hydrogen-bond acceptors (Lipinski definition) is 6. The van der Waals surface area contributed by atoms with E-state index in [-0.39, 0.29) is 24.3 Å². The minimum Gasteiger partial charge on any atom is -0.493 e. The van der Waals surface area contributed by atoms with Gasteiger partial charge in [0.1, 0.15) is 12.4 Å². The highest BCUT2D eigenvalue weighted by atomic mass is 127. The van der Waals surface area contributed by atoms with E-state index in [0.717, 1.165) is 38.6 Å². The largest absolute Gasteiger partial charge is 0.493 e. The maximum atomic E-state index is 12.8. The van der Waals surface area contributed by atoms with Crippen molar-refractivity contribution in [3.8, 4) is 17.2 Å². The Morgan fingerprint density at radius 1 is 1.13 bits per heavy atom. The van der Waals surface area contributed by atoms with Crippen LogP contribution in [-0.2, 0) is 4.79 Å². The third-order valence-corrected chi connectivity index (χ3v) is 6.16. The molecule has 31 heavy (non-hydrogen) atoms. The number of ether oxygens (including phenoxy) is 3. The molecule has 164 valence electrons. The number of carbonyl (C=O) groups excluding carboxylic acids is 2. The number of halogens is 1. The average Bonchev–Trinajstić information content (AvgIpc) is 3.00. The van der Waals surface area contributed by atoms with Crippen molar-refractivity contribution in [2.45, 2.75) is 20.3 Å². The minimum atomic E-state index is -0.317. The average molecular weight is 553 g/mol. The highest BCUT2D eigenvalue weighted by Crippen LogP contribution is 2.37. The van der Waals surface area contributed by atoms with Crippen LogP contribution in [0.2, 0.25) is 0 Å². The maximum absolute atomic E-state index is 12.8. The normalized spacial score (nSPS) is 15.0. The van der Waals surface area contributed by atoms with E-state index < -0.39 is 0 Å². The van der Waals surface area contributed by atoms with Crippen LogP contribution in [0.25, 0.3) is 6.08 Å². The molecule has 0 aliphatic carbocycles. The molecule has 0 aromatic heterocycles. The summed E-state index contributed by atoms with van der Waals surface area (Å²) in [6.07, 6.45) is 2.60. The van der Waals surface area contributed by atoms with Crippen LogP contribution in [0.5, 0.6) is 17.2 Å². The fourth-order valence-electron chi connectivity index (χ4n) is 2.97. The Bertz CT molecular complexity index is 1010. The van der Waals surface area contributed by atoms with Crippen LogP contribution >= 0.6 is 34.4 Å². The second kappa shape index (κ2) is 10.9. The molecule has 1 fully saturated rings. The Hall–Kier alpha value is -2.20. The van der Waals surface area contributed by atoms with Gasteiger partial charge in [-0.1, -0.05) is 19.1 Å².